The Kier molecular flexibility index (Phi) is 5.87. The summed E-state index contributed by atoms with van der Waals surface area (Å²) in [7, 11) is 0. The predicted molar refractivity (Wildman–Crippen MR) is 94.4 cm³/mol. The summed E-state index contributed by atoms with van der Waals surface area (Å²) in [5.74, 6) is 0.560. The van der Waals surface area contributed by atoms with E-state index in [0.29, 0.717) is 22.9 Å². The maximum absolute atomic E-state index is 12.3. The summed E-state index contributed by atoms with van der Waals surface area (Å²) in [6.45, 7) is 2.70. The number of hydrogen-bond acceptors (Lipinski definition) is 2. The molecule has 0 bridgehead atoms. The van der Waals surface area contributed by atoms with Crippen LogP contribution in [0.15, 0.2) is 42.5 Å². The molecule has 0 aliphatic rings. The van der Waals surface area contributed by atoms with E-state index in [1.54, 1.807) is 12.1 Å². The van der Waals surface area contributed by atoms with Gasteiger partial charge in [0.2, 0.25) is 0 Å². The number of hydrogen-bond donors (Lipinski definition) is 1. The normalized spacial score (nSPS) is 10.2. The summed E-state index contributed by atoms with van der Waals surface area (Å²) in [4.78, 5) is 12.3. The largest absolute Gasteiger partial charge is 0.494 e. The standard InChI is InChI=1S/C16H15ClINO2/c1-2-8-21-13-5-3-4-12(10-13)19-16(20)14-9-11(17)6-7-15(14)18/h3-7,9-10H,2,8H2,1H3,(H,19,20). The summed E-state index contributed by atoms with van der Waals surface area (Å²) in [5, 5.41) is 3.40. The first-order chi connectivity index (χ1) is 10.1. The maximum Gasteiger partial charge on any atom is 0.256 e. The van der Waals surface area contributed by atoms with E-state index in [-0.39, 0.29) is 5.91 Å². The van der Waals surface area contributed by atoms with Crippen molar-refractivity contribution in [1.82, 2.24) is 0 Å². The van der Waals surface area contributed by atoms with Gasteiger partial charge in [-0.1, -0.05) is 24.6 Å². The van der Waals surface area contributed by atoms with Crippen molar-refractivity contribution in [2.75, 3.05) is 11.9 Å². The fourth-order valence-corrected chi connectivity index (χ4v) is 2.51. The van der Waals surface area contributed by atoms with E-state index in [1.165, 1.54) is 0 Å². The highest BCUT2D eigenvalue weighted by atomic mass is 127. The molecule has 110 valence electrons. The number of ether oxygens (including phenoxy) is 1. The van der Waals surface area contributed by atoms with Gasteiger partial charge in [-0.2, -0.15) is 0 Å². The minimum atomic E-state index is -0.186. The molecule has 0 atom stereocenters. The first-order valence-electron chi connectivity index (χ1n) is 6.59. The summed E-state index contributed by atoms with van der Waals surface area (Å²) >= 11 is 8.06. The molecule has 2 aromatic carbocycles. The van der Waals surface area contributed by atoms with Crippen molar-refractivity contribution < 1.29 is 9.53 Å². The number of rotatable bonds is 5. The Bertz CT molecular complexity index is 646. The van der Waals surface area contributed by atoms with E-state index in [9.17, 15) is 4.79 Å². The van der Waals surface area contributed by atoms with Gasteiger partial charge in [-0.05, 0) is 59.3 Å². The molecule has 2 aromatic rings. The molecule has 0 radical (unpaired) electrons. The van der Waals surface area contributed by atoms with Crippen LogP contribution in [-0.2, 0) is 0 Å². The quantitative estimate of drug-likeness (QED) is 0.699. The topological polar surface area (TPSA) is 38.3 Å². The molecule has 0 aliphatic carbocycles. The fraction of sp³-hybridized carbons (Fsp3) is 0.188. The first-order valence-corrected chi connectivity index (χ1v) is 8.05. The van der Waals surface area contributed by atoms with Crippen molar-refractivity contribution in [3.8, 4) is 5.75 Å². The molecule has 0 fully saturated rings. The second kappa shape index (κ2) is 7.66. The molecule has 3 nitrogen and oxygen atoms in total. The Hall–Kier alpha value is -1.27. The molecule has 0 heterocycles. The molecular formula is C16H15ClINO2. The van der Waals surface area contributed by atoms with Crippen LogP contribution in [-0.4, -0.2) is 12.5 Å². The maximum atomic E-state index is 12.3. The lowest BCUT2D eigenvalue weighted by Crippen LogP contribution is -2.13. The van der Waals surface area contributed by atoms with Gasteiger partial charge >= 0.3 is 0 Å². The number of anilines is 1. The van der Waals surface area contributed by atoms with E-state index in [0.717, 1.165) is 15.7 Å². The van der Waals surface area contributed by atoms with Crippen LogP contribution in [0.5, 0.6) is 5.75 Å². The molecule has 0 spiro atoms. The number of halogens is 2. The van der Waals surface area contributed by atoms with Crippen LogP contribution in [0.25, 0.3) is 0 Å². The molecule has 0 aromatic heterocycles. The zero-order valence-electron chi connectivity index (χ0n) is 11.5. The molecule has 5 heteroatoms. The predicted octanol–water partition coefficient (Wildman–Crippen LogP) is 4.99. The zero-order chi connectivity index (χ0) is 15.2. The summed E-state index contributed by atoms with van der Waals surface area (Å²) < 4.78 is 6.41. The van der Waals surface area contributed by atoms with E-state index >= 15 is 0 Å². The zero-order valence-corrected chi connectivity index (χ0v) is 14.4. The van der Waals surface area contributed by atoms with Crippen molar-refractivity contribution in [1.29, 1.82) is 0 Å². The van der Waals surface area contributed by atoms with E-state index in [4.69, 9.17) is 16.3 Å². The molecule has 21 heavy (non-hydrogen) atoms. The Morgan fingerprint density at radius 2 is 2.10 bits per heavy atom. The molecular weight excluding hydrogens is 401 g/mol. The van der Waals surface area contributed by atoms with Crippen molar-refractivity contribution in [3.63, 3.8) is 0 Å². The number of benzene rings is 2. The molecule has 1 N–H and O–H groups in total. The second-order valence-electron chi connectivity index (χ2n) is 4.45. The average Bonchev–Trinajstić information content (AvgIpc) is 2.48. The van der Waals surface area contributed by atoms with Gasteiger partial charge in [0, 0.05) is 20.3 Å². The average molecular weight is 416 g/mol. The van der Waals surface area contributed by atoms with Crippen LogP contribution in [0.2, 0.25) is 5.02 Å². The third kappa shape index (κ3) is 4.61. The highest BCUT2D eigenvalue weighted by molar-refractivity contribution is 14.1. The van der Waals surface area contributed by atoms with E-state index in [2.05, 4.69) is 27.9 Å². The second-order valence-corrected chi connectivity index (χ2v) is 6.05. The number of amides is 1. The van der Waals surface area contributed by atoms with Gasteiger partial charge in [-0.3, -0.25) is 4.79 Å². The molecule has 0 saturated carbocycles. The van der Waals surface area contributed by atoms with Gasteiger partial charge in [0.25, 0.3) is 5.91 Å². The number of nitrogens with one attached hydrogen (secondary N) is 1. The number of carbonyl (C=O) groups excluding carboxylic acids is 1. The molecule has 1 amide bonds. The van der Waals surface area contributed by atoms with Crippen LogP contribution < -0.4 is 10.1 Å². The minimum absolute atomic E-state index is 0.186. The third-order valence-corrected chi connectivity index (χ3v) is 3.91. The number of carbonyl (C=O) groups is 1. The van der Waals surface area contributed by atoms with E-state index < -0.39 is 0 Å². The Morgan fingerprint density at radius 3 is 2.86 bits per heavy atom. The Labute approximate surface area is 142 Å². The molecule has 0 unspecified atom stereocenters. The highest BCUT2D eigenvalue weighted by Crippen LogP contribution is 2.21. The first kappa shape index (κ1) is 16.1. The van der Waals surface area contributed by atoms with Crippen LogP contribution in [0, 0.1) is 3.57 Å². The monoisotopic (exact) mass is 415 g/mol. The van der Waals surface area contributed by atoms with E-state index in [1.807, 2.05) is 37.3 Å². The van der Waals surface area contributed by atoms with Crippen molar-refractivity contribution >= 4 is 45.8 Å². The lowest BCUT2D eigenvalue weighted by atomic mass is 10.2. The summed E-state index contributed by atoms with van der Waals surface area (Å²) in [6, 6.07) is 12.6. The van der Waals surface area contributed by atoms with Gasteiger partial charge in [0.05, 0.1) is 12.2 Å². The fourth-order valence-electron chi connectivity index (χ4n) is 1.75. The van der Waals surface area contributed by atoms with Crippen molar-refractivity contribution in [3.05, 3.63) is 56.6 Å². The van der Waals surface area contributed by atoms with Crippen LogP contribution in [0.4, 0.5) is 5.69 Å². The van der Waals surface area contributed by atoms with Gasteiger partial charge in [-0.15, -0.1) is 0 Å². The van der Waals surface area contributed by atoms with Crippen LogP contribution in [0.3, 0.4) is 0 Å². The Morgan fingerprint density at radius 1 is 1.29 bits per heavy atom. The van der Waals surface area contributed by atoms with Crippen LogP contribution >= 0.6 is 34.2 Å². The highest BCUT2D eigenvalue weighted by Gasteiger charge is 2.11. The Balaban J connectivity index is 2.14. The van der Waals surface area contributed by atoms with Gasteiger partial charge in [-0.25, -0.2) is 0 Å². The van der Waals surface area contributed by atoms with Crippen LogP contribution in [0.1, 0.15) is 23.7 Å². The van der Waals surface area contributed by atoms with Crippen molar-refractivity contribution in [2.45, 2.75) is 13.3 Å². The SMILES string of the molecule is CCCOc1cccc(NC(=O)c2cc(Cl)ccc2I)c1. The molecule has 0 saturated heterocycles. The smallest absolute Gasteiger partial charge is 0.256 e. The minimum Gasteiger partial charge on any atom is -0.494 e. The van der Waals surface area contributed by atoms with Gasteiger partial charge < -0.3 is 10.1 Å². The lowest BCUT2D eigenvalue weighted by molar-refractivity contribution is 0.102. The lowest BCUT2D eigenvalue weighted by Gasteiger charge is -2.09. The molecule has 2 rings (SSSR count). The third-order valence-electron chi connectivity index (χ3n) is 2.74. The van der Waals surface area contributed by atoms with Gasteiger partial charge in [0.15, 0.2) is 0 Å². The summed E-state index contributed by atoms with van der Waals surface area (Å²) in [5.41, 5.74) is 1.26. The van der Waals surface area contributed by atoms with Crippen molar-refractivity contribution in [2.24, 2.45) is 0 Å². The summed E-state index contributed by atoms with van der Waals surface area (Å²) in [6.07, 6.45) is 0.942. The van der Waals surface area contributed by atoms with Gasteiger partial charge in [0.1, 0.15) is 5.75 Å². The molecule has 0 aliphatic heterocycles.